The standard InChI is InChI=1S/C18H14N4O4S/c1-24-12-6-5-10(9-14(12)25-2)8-11-15(19)22-18(20-16(11)23)27-17(21-22)13-4-3-7-26-13/h3-9,19H,1-2H3/b11-8-,19-15?. The molecule has 0 bridgehead atoms. The van der Waals surface area contributed by atoms with Crippen molar-refractivity contribution >= 4 is 39.8 Å². The molecule has 9 heteroatoms. The normalized spacial score (nSPS) is 17.7. The summed E-state index contributed by atoms with van der Waals surface area (Å²) in [7, 11) is 3.08. The highest BCUT2D eigenvalue weighted by molar-refractivity contribution is 8.27. The predicted molar refractivity (Wildman–Crippen MR) is 102 cm³/mol. The third-order valence-electron chi connectivity index (χ3n) is 3.91. The third kappa shape index (κ3) is 3.02. The minimum Gasteiger partial charge on any atom is -0.493 e. The van der Waals surface area contributed by atoms with Crippen molar-refractivity contribution < 1.29 is 18.7 Å². The lowest BCUT2D eigenvalue weighted by Gasteiger charge is -2.20. The molecule has 136 valence electrons. The Morgan fingerprint density at radius 1 is 1.22 bits per heavy atom. The molecule has 8 nitrogen and oxygen atoms in total. The first-order chi connectivity index (χ1) is 13.1. The number of thioether (sulfide) groups is 1. The Bertz CT molecular complexity index is 1020. The van der Waals surface area contributed by atoms with Gasteiger partial charge in [0, 0.05) is 0 Å². The first kappa shape index (κ1) is 17.1. The topological polar surface area (TPSA) is 100 Å². The van der Waals surface area contributed by atoms with Crippen LogP contribution in [-0.4, -0.2) is 41.2 Å². The quantitative estimate of drug-likeness (QED) is 0.816. The molecule has 1 N–H and O–H groups in total. The molecule has 0 aliphatic carbocycles. The van der Waals surface area contributed by atoms with Gasteiger partial charge in [-0.25, -0.2) is 0 Å². The smallest absolute Gasteiger partial charge is 0.283 e. The highest BCUT2D eigenvalue weighted by Crippen LogP contribution is 2.32. The number of amides is 1. The summed E-state index contributed by atoms with van der Waals surface area (Å²) in [5.41, 5.74) is 0.817. The number of hydrogen-bond acceptors (Lipinski definition) is 7. The van der Waals surface area contributed by atoms with Crippen molar-refractivity contribution in [3.8, 4) is 11.5 Å². The van der Waals surface area contributed by atoms with Crippen LogP contribution in [0, 0.1) is 5.41 Å². The van der Waals surface area contributed by atoms with E-state index in [2.05, 4.69) is 10.1 Å². The van der Waals surface area contributed by atoms with Crippen molar-refractivity contribution in [2.45, 2.75) is 0 Å². The van der Waals surface area contributed by atoms with Gasteiger partial charge in [0.2, 0.25) is 5.17 Å². The van der Waals surface area contributed by atoms with Crippen LogP contribution in [0.5, 0.6) is 11.5 Å². The van der Waals surface area contributed by atoms with E-state index in [0.717, 1.165) is 0 Å². The zero-order chi connectivity index (χ0) is 19.0. The Hall–Kier alpha value is -3.33. The van der Waals surface area contributed by atoms with Gasteiger partial charge in [-0.3, -0.25) is 10.2 Å². The molecular formula is C18H14N4O4S. The number of ether oxygens (including phenoxy) is 2. The van der Waals surface area contributed by atoms with Gasteiger partial charge in [0.1, 0.15) is 0 Å². The highest BCUT2D eigenvalue weighted by Gasteiger charge is 2.36. The molecule has 2 aromatic rings. The van der Waals surface area contributed by atoms with Crippen molar-refractivity contribution in [2.75, 3.05) is 14.2 Å². The van der Waals surface area contributed by atoms with E-state index in [1.165, 1.54) is 30.1 Å². The van der Waals surface area contributed by atoms with E-state index in [1.54, 1.807) is 43.5 Å². The summed E-state index contributed by atoms with van der Waals surface area (Å²) < 4.78 is 15.8. The second kappa shape index (κ2) is 6.76. The summed E-state index contributed by atoms with van der Waals surface area (Å²) >= 11 is 1.19. The second-order valence-corrected chi connectivity index (χ2v) is 6.47. The zero-order valence-electron chi connectivity index (χ0n) is 14.4. The van der Waals surface area contributed by atoms with Gasteiger partial charge in [-0.1, -0.05) is 6.07 Å². The summed E-state index contributed by atoms with van der Waals surface area (Å²) in [5.74, 6) is 1.12. The number of hydrazone groups is 1. The summed E-state index contributed by atoms with van der Waals surface area (Å²) in [6.07, 6.45) is 3.12. The summed E-state index contributed by atoms with van der Waals surface area (Å²) in [4.78, 5) is 16.5. The molecule has 2 aliphatic rings. The molecule has 1 aromatic heterocycles. The number of methoxy groups -OCH3 is 2. The van der Waals surface area contributed by atoms with Crippen LogP contribution in [0.4, 0.5) is 0 Å². The summed E-state index contributed by atoms with van der Waals surface area (Å²) in [6, 6.07) is 8.73. The monoisotopic (exact) mass is 382 g/mol. The first-order valence-corrected chi connectivity index (χ1v) is 8.68. The maximum atomic E-state index is 12.5. The van der Waals surface area contributed by atoms with Crippen LogP contribution >= 0.6 is 11.8 Å². The number of nitrogens with zero attached hydrogens (tertiary/aromatic N) is 3. The van der Waals surface area contributed by atoms with E-state index < -0.39 is 5.91 Å². The second-order valence-electron chi connectivity index (χ2n) is 5.52. The van der Waals surface area contributed by atoms with E-state index in [-0.39, 0.29) is 11.4 Å². The zero-order valence-corrected chi connectivity index (χ0v) is 15.2. The largest absolute Gasteiger partial charge is 0.493 e. The van der Waals surface area contributed by atoms with Crippen molar-refractivity contribution in [1.29, 1.82) is 5.41 Å². The SMILES string of the molecule is COc1ccc(/C=C2/C(=N)N3N=C(c4ccco4)SC3=NC2=O)cc1OC. The van der Waals surface area contributed by atoms with Gasteiger partial charge in [-0.05, 0) is 47.7 Å². The number of rotatable bonds is 4. The lowest BCUT2D eigenvalue weighted by molar-refractivity contribution is -0.114. The minimum atomic E-state index is -0.496. The molecule has 4 rings (SSSR count). The van der Waals surface area contributed by atoms with E-state index >= 15 is 0 Å². The lowest BCUT2D eigenvalue weighted by atomic mass is 10.1. The van der Waals surface area contributed by atoms with Gasteiger partial charge in [0.15, 0.2) is 28.1 Å². The van der Waals surface area contributed by atoms with Gasteiger partial charge < -0.3 is 13.9 Å². The van der Waals surface area contributed by atoms with Crippen LogP contribution in [0.1, 0.15) is 11.3 Å². The van der Waals surface area contributed by atoms with Gasteiger partial charge in [0.25, 0.3) is 5.91 Å². The van der Waals surface area contributed by atoms with Crippen molar-refractivity contribution in [2.24, 2.45) is 10.1 Å². The summed E-state index contributed by atoms with van der Waals surface area (Å²) in [5, 5.41) is 15.0. The third-order valence-corrected chi connectivity index (χ3v) is 4.83. The van der Waals surface area contributed by atoms with E-state index in [4.69, 9.17) is 19.3 Å². The number of aliphatic imine (C=N–C) groups is 1. The molecule has 0 unspecified atom stereocenters. The molecule has 1 aromatic carbocycles. The molecule has 0 atom stereocenters. The van der Waals surface area contributed by atoms with Gasteiger partial charge in [-0.15, -0.1) is 0 Å². The number of carbonyl (C=O) groups is 1. The molecule has 0 radical (unpaired) electrons. The van der Waals surface area contributed by atoms with Gasteiger partial charge in [-0.2, -0.15) is 15.1 Å². The maximum absolute atomic E-state index is 12.5. The fourth-order valence-corrected chi connectivity index (χ4v) is 3.46. The van der Waals surface area contributed by atoms with E-state index in [0.29, 0.717) is 33.0 Å². The maximum Gasteiger partial charge on any atom is 0.283 e. The Balaban J connectivity index is 1.69. The van der Waals surface area contributed by atoms with Crippen molar-refractivity contribution in [1.82, 2.24) is 5.01 Å². The van der Waals surface area contributed by atoms with Crippen LogP contribution in [-0.2, 0) is 4.79 Å². The minimum absolute atomic E-state index is 0.0474. The highest BCUT2D eigenvalue weighted by atomic mass is 32.2. The van der Waals surface area contributed by atoms with E-state index in [1.807, 2.05) is 0 Å². The molecule has 0 fully saturated rings. The molecule has 1 amide bonds. The van der Waals surface area contributed by atoms with Gasteiger partial charge in [0.05, 0.1) is 26.1 Å². The summed E-state index contributed by atoms with van der Waals surface area (Å²) in [6.45, 7) is 0. The fourth-order valence-electron chi connectivity index (χ4n) is 2.60. The fraction of sp³-hybridized carbons (Fsp3) is 0.111. The van der Waals surface area contributed by atoms with Crippen molar-refractivity contribution in [3.05, 3.63) is 53.5 Å². The van der Waals surface area contributed by atoms with Crippen molar-refractivity contribution in [3.63, 3.8) is 0 Å². The Morgan fingerprint density at radius 3 is 2.74 bits per heavy atom. The Morgan fingerprint density at radius 2 is 2.04 bits per heavy atom. The molecule has 27 heavy (non-hydrogen) atoms. The first-order valence-electron chi connectivity index (χ1n) is 7.87. The predicted octanol–water partition coefficient (Wildman–Crippen LogP) is 2.96. The molecule has 0 saturated carbocycles. The van der Waals surface area contributed by atoms with Crippen LogP contribution in [0.15, 0.2) is 56.7 Å². The Kier molecular flexibility index (Phi) is 4.28. The number of fused-ring (bicyclic) bond motifs is 1. The number of hydrogen-bond donors (Lipinski definition) is 1. The van der Waals surface area contributed by atoms with Gasteiger partial charge >= 0.3 is 0 Å². The van der Waals surface area contributed by atoms with E-state index in [9.17, 15) is 4.79 Å². The number of benzene rings is 1. The average molecular weight is 382 g/mol. The molecule has 3 heterocycles. The van der Waals surface area contributed by atoms with Crippen LogP contribution in [0.25, 0.3) is 6.08 Å². The molecule has 0 spiro atoms. The average Bonchev–Trinajstić information content (AvgIpc) is 3.34. The Labute approximate surface area is 158 Å². The van der Waals surface area contributed by atoms with Crippen LogP contribution in [0.2, 0.25) is 0 Å². The molecule has 2 aliphatic heterocycles. The number of carbonyl (C=O) groups excluding carboxylic acids is 1. The van der Waals surface area contributed by atoms with Crippen LogP contribution < -0.4 is 9.47 Å². The molecule has 0 saturated heterocycles. The number of furan rings is 1. The molecular weight excluding hydrogens is 368 g/mol. The van der Waals surface area contributed by atoms with Crippen LogP contribution in [0.3, 0.4) is 0 Å². The lowest BCUT2D eigenvalue weighted by Crippen LogP contribution is -2.35. The number of amidine groups is 2. The number of nitrogens with one attached hydrogen (secondary N) is 1.